The normalized spacial score (nSPS) is 12.9. The highest BCUT2D eigenvalue weighted by Gasteiger charge is 2.14. The number of thiazole rings is 1. The largest absolute Gasteiger partial charge is 0.493 e. The highest BCUT2D eigenvalue weighted by atomic mass is 32.1. The van der Waals surface area contributed by atoms with E-state index in [9.17, 15) is 4.79 Å². The SMILES string of the molecule is Cc1ncc(CNC(=O)c2ccc3c(c2)CCO3)s1. The number of hydrogen-bond donors (Lipinski definition) is 1. The number of ether oxygens (including phenoxy) is 1. The maximum absolute atomic E-state index is 12.1. The van der Waals surface area contributed by atoms with Gasteiger partial charge in [-0.25, -0.2) is 4.98 Å². The van der Waals surface area contributed by atoms with Crippen molar-refractivity contribution in [2.24, 2.45) is 0 Å². The summed E-state index contributed by atoms with van der Waals surface area (Å²) in [5.74, 6) is 0.843. The minimum absolute atomic E-state index is 0.0549. The number of carbonyl (C=O) groups is 1. The standard InChI is InChI=1S/C14H14N2O2S/c1-9-15-7-12(19-9)8-16-14(17)11-2-3-13-10(6-11)4-5-18-13/h2-3,6-7H,4-5,8H2,1H3,(H,16,17). The molecule has 3 rings (SSSR count). The summed E-state index contributed by atoms with van der Waals surface area (Å²) in [6.07, 6.45) is 2.68. The second-order valence-electron chi connectivity index (χ2n) is 4.45. The molecule has 4 nitrogen and oxygen atoms in total. The smallest absolute Gasteiger partial charge is 0.251 e. The van der Waals surface area contributed by atoms with Crippen molar-refractivity contribution in [3.05, 3.63) is 45.4 Å². The van der Waals surface area contributed by atoms with Crippen LogP contribution in [0.2, 0.25) is 0 Å². The lowest BCUT2D eigenvalue weighted by atomic mass is 10.1. The lowest BCUT2D eigenvalue weighted by Crippen LogP contribution is -2.22. The average Bonchev–Trinajstić information content (AvgIpc) is 3.03. The number of carbonyl (C=O) groups excluding carboxylic acids is 1. The highest BCUT2D eigenvalue weighted by molar-refractivity contribution is 7.11. The van der Waals surface area contributed by atoms with Gasteiger partial charge in [0.05, 0.1) is 18.2 Å². The number of nitrogens with one attached hydrogen (secondary N) is 1. The lowest BCUT2D eigenvalue weighted by molar-refractivity contribution is 0.0951. The van der Waals surface area contributed by atoms with E-state index in [0.29, 0.717) is 18.7 Å². The van der Waals surface area contributed by atoms with Gasteiger partial charge in [0.15, 0.2) is 0 Å². The minimum atomic E-state index is -0.0549. The third kappa shape index (κ3) is 2.61. The van der Waals surface area contributed by atoms with Gasteiger partial charge < -0.3 is 10.1 Å². The minimum Gasteiger partial charge on any atom is -0.493 e. The van der Waals surface area contributed by atoms with Crippen LogP contribution in [0.3, 0.4) is 0 Å². The van der Waals surface area contributed by atoms with Gasteiger partial charge in [-0.05, 0) is 30.7 Å². The molecule has 1 aromatic heterocycles. The summed E-state index contributed by atoms with van der Waals surface area (Å²) < 4.78 is 5.43. The molecule has 5 heteroatoms. The van der Waals surface area contributed by atoms with Crippen LogP contribution in [0.4, 0.5) is 0 Å². The zero-order valence-electron chi connectivity index (χ0n) is 10.6. The number of aryl methyl sites for hydroxylation is 1. The van der Waals surface area contributed by atoms with Crippen molar-refractivity contribution in [3.63, 3.8) is 0 Å². The molecule has 1 amide bonds. The van der Waals surface area contributed by atoms with E-state index in [2.05, 4.69) is 10.3 Å². The van der Waals surface area contributed by atoms with Crippen molar-refractivity contribution in [1.29, 1.82) is 0 Å². The van der Waals surface area contributed by atoms with E-state index in [1.807, 2.05) is 19.1 Å². The summed E-state index contributed by atoms with van der Waals surface area (Å²) in [5, 5.41) is 3.92. The van der Waals surface area contributed by atoms with Crippen LogP contribution in [0.15, 0.2) is 24.4 Å². The van der Waals surface area contributed by atoms with Gasteiger partial charge in [0.1, 0.15) is 5.75 Å². The van der Waals surface area contributed by atoms with Crippen LogP contribution in [0.25, 0.3) is 0 Å². The number of hydrogen-bond acceptors (Lipinski definition) is 4. The number of fused-ring (bicyclic) bond motifs is 1. The van der Waals surface area contributed by atoms with Crippen LogP contribution in [-0.2, 0) is 13.0 Å². The van der Waals surface area contributed by atoms with Crippen molar-refractivity contribution < 1.29 is 9.53 Å². The molecule has 98 valence electrons. The third-order valence-electron chi connectivity index (χ3n) is 3.04. The van der Waals surface area contributed by atoms with Crippen LogP contribution in [-0.4, -0.2) is 17.5 Å². The van der Waals surface area contributed by atoms with Crippen molar-refractivity contribution >= 4 is 17.2 Å². The fourth-order valence-electron chi connectivity index (χ4n) is 2.08. The third-order valence-corrected chi connectivity index (χ3v) is 3.96. The Labute approximate surface area is 115 Å². The van der Waals surface area contributed by atoms with Crippen molar-refractivity contribution in [2.45, 2.75) is 19.9 Å². The second kappa shape index (κ2) is 5.01. The molecular formula is C14H14N2O2S. The number of rotatable bonds is 3. The Bertz CT molecular complexity index is 622. The molecule has 0 fully saturated rings. The Morgan fingerprint density at radius 3 is 3.21 bits per heavy atom. The molecule has 0 saturated heterocycles. The first-order chi connectivity index (χ1) is 9.22. The van der Waals surface area contributed by atoms with E-state index in [-0.39, 0.29) is 5.91 Å². The van der Waals surface area contributed by atoms with Gasteiger partial charge in [0.25, 0.3) is 5.91 Å². The molecule has 19 heavy (non-hydrogen) atoms. The summed E-state index contributed by atoms with van der Waals surface area (Å²) in [6, 6.07) is 5.58. The summed E-state index contributed by atoms with van der Waals surface area (Å²) >= 11 is 1.60. The zero-order valence-corrected chi connectivity index (χ0v) is 11.4. The van der Waals surface area contributed by atoms with Crippen LogP contribution in [0.1, 0.15) is 25.8 Å². The Morgan fingerprint density at radius 1 is 1.53 bits per heavy atom. The lowest BCUT2D eigenvalue weighted by Gasteiger charge is -2.05. The van der Waals surface area contributed by atoms with Gasteiger partial charge >= 0.3 is 0 Å². The highest BCUT2D eigenvalue weighted by Crippen LogP contribution is 2.25. The first kappa shape index (κ1) is 12.2. The van der Waals surface area contributed by atoms with Gasteiger partial charge in [-0.1, -0.05) is 0 Å². The molecule has 1 N–H and O–H groups in total. The molecule has 0 unspecified atom stereocenters. The Morgan fingerprint density at radius 2 is 2.42 bits per heavy atom. The average molecular weight is 274 g/mol. The van der Waals surface area contributed by atoms with Crippen LogP contribution in [0, 0.1) is 6.92 Å². The van der Waals surface area contributed by atoms with E-state index in [1.54, 1.807) is 23.6 Å². The molecule has 1 aliphatic heterocycles. The maximum Gasteiger partial charge on any atom is 0.251 e. The summed E-state index contributed by atoms with van der Waals surface area (Å²) in [7, 11) is 0. The first-order valence-corrected chi connectivity index (χ1v) is 6.99. The fourth-order valence-corrected chi connectivity index (χ4v) is 2.82. The summed E-state index contributed by atoms with van der Waals surface area (Å²) in [5.41, 5.74) is 1.80. The molecule has 0 spiro atoms. The van der Waals surface area contributed by atoms with Crippen molar-refractivity contribution in [3.8, 4) is 5.75 Å². The fraction of sp³-hybridized carbons (Fsp3) is 0.286. The predicted molar refractivity (Wildman–Crippen MR) is 73.7 cm³/mol. The Balaban J connectivity index is 1.67. The molecule has 0 radical (unpaired) electrons. The van der Waals surface area contributed by atoms with Crippen LogP contribution in [0.5, 0.6) is 5.75 Å². The molecule has 1 aliphatic rings. The van der Waals surface area contributed by atoms with Crippen molar-refractivity contribution in [2.75, 3.05) is 6.61 Å². The number of aromatic nitrogens is 1. The van der Waals surface area contributed by atoms with E-state index in [0.717, 1.165) is 27.6 Å². The first-order valence-electron chi connectivity index (χ1n) is 6.17. The molecular weight excluding hydrogens is 260 g/mol. The van der Waals surface area contributed by atoms with Gasteiger partial charge in [-0.15, -0.1) is 11.3 Å². The molecule has 0 saturated carbocycles. The molecule has 0 atom stereocenters. The van der Waals surface area contributed by atoms with Gasteiger partial charge in [0, 0.05) is 23.1 Å². The maximum atomic E-state index is 12.1. The van der Waals surface area contributed by atoms with Crippen LogP contribution >= 0.6 is 11.3 Å². The quantitative estimate of drug-likeness (QED) is 0.934. The molecule has 2 heterocycles. The molecule has 0 bridgehead atoms. The van der Waals surface area contributed by atoms with Gasteiger partial charge in [-0.3, -0.25) is 4.79 Å². The Hall–Kier alpha value is -1.88. The van der Waals surface area contributed by atoms with Gasteiger partial charge in [-0.2, -0.15) is 0 Å². The van der Waals surface area contributed by atoms with E-state index in [1.165, 1.54) is 0 Å². The van der Waals surface area contributed by atoms with E-state index >= 15 is 0 Å². The summed E-state index contributed by atoms with van der Waals surface area (Å²) in [6.45, 7) is 3.19. The molecule has 2 aromatic rings. The number of amides is 1. The van der Waals surface area contributed by atoms with Gasteiger partial charge in [0.2, 0.25) is 0 Å². The summed E-state index contributed by atoms with van der Waals surface area (Å²) in [4.78, 5) is 17.3. The monoisotopic (exact) mass is 274 g/mol. The topological polar surface area (TPSA) is 51.2 Å². The van der Waals surface area contributed by atoms with Crippen LogP contribution < -0.4 is 10.1 Å². The second-order valence-corrected chi connectivity index (χ2v) is 5.77. The predicted octanol–water partition coefficient (Wildman–Crippen LogP) is 2.32. The molecule has 0 aliphatic carbocycles. The number of benzene rings is 1. The van der Waals surface area contributed by atoms with E-state index < -0.39 is 0 Å². The van der Waals surface area contributed by atoms with Crippen molar-refractivity contribution in [1.82, 2.24) is 10.3 Å². The van der Waals surface area contributed by atoms with E-state index in [4.69, 9.17) is 4.74 Å². The molecule has 1 aromatic carbocycles. The Kier molecular flexibility index (Phi) is 3.21. The number of nitrogens with zero attached hydrogens (tertiary/aromatic N) is 1. The zero-order chi connectivity index (χ0) is 13.2.